The Labute approximate surface area is 130 Å². The molecule has 0 aromatic heterocycles. The van der Waals surface area contributed by atoms with Crippen LogP contribution in [0.15, 0.2) is 24.3 Å². The van der Waals surface area contributed by atoms with E-state index in [1.165, 1.54) is 12.8 Å². The minimum absolute atomic E-state index is 0. The molecule has 116 valence electrons. The first-order valence-corrected chi connectivity index (χ1v) is 6.77. The first-order chi connectivity index (χ1) is 9.67. The highest BCUT2D eigenvalue weighted by Gasteiger charge is 2.20. The lowest BCUT2D eigenvalue weighted by molar-refractivity contribution is -0.115. The lowest BCUT2D eigenvalue weighted by atomic mass is 10.2. The van der Waals surface area contributed by atoms with E-state index in [0.717, 1.165) is 12.5 Å². The number of hydrogen-bond donors (Lipinski definition) is 4. The van der Waals surface area contributed by atoms with Crippen LogP contribution in [-0.2, 0) is 4.79 Å². The van der Waals surface area contributed by atoms with Gasteiger partial charge in [0.05, 0.1) is 6.54 Å². The highest BCUT2D eigenvalue weighted by molar-refractivity contribution is 5.94. The zero-order valence-electron chi connectivity index (χ0n) is 11.9. The Bertz CT molecular complexity index is 492. The molecule has 1 aromatic carbocycles. The van der Waals surface area contributed by atoms with E-state index in [4.69, 9.17) is 0 Å². The predicted molar refractivity (Wildman–Crippen MR) is 86.0 cm³/mol. The van der Waals surface area contributed by atoms with E-state index < -0.39 is 0 Å². The van der Waals surface area contributed by atoms with Gasteiger partial charge in [-0.25, -0.2) is 4.79 Å². The van der Waals surface area contributed by atoms with Crippen molar-refractivity contribution in [3.8, 4) is 0 Å². The molecule has 0 saturated heterocycles. The van der Waals surface area contributed by atoms with Crippen LogP contribution in [-0.4, -0.2) is 32.1 Å². The molecule has 0 aliphatic heterocycles. The zero-order valence-corrected chi connectivity index (χ0v) is 12.8. The standard InChI is InChI=1S/C14H20N4O2.ClH/c1-15-14(20)18-12-4-2-3-11(7-12)17-13(19)9-16-8-10-5-6-10;/h2-4,7,10,16H,5-6,8-9H2,1H3,(H,17,19)(H2,15,18,20);1H. The van der Waals surface area contributed by atoms with Gasteiger partial charge >= 0.3 is 6.03 Å². The van der Waals surface area contributed by atoms with E-state index in [0.29, 0.717) is 17.9 Å². The van der Waals surface area contributed by atoms with Crippen molar-refractivity contribution in [3.63, 3.8) is 0 Å². The van der Waals surface area contributed by atoms with E-state index in [2.05, 4.69) is 21.3 Å². The smallest absolute Gasteiger partial charge is 0.318 e. The van der Waals surface area contributed by atoms with Crippen LogP contribution in [0, 0.1) is 5.92 Å². The third kappa shape index (κ3) is 6.46. The molecule has 0 atom stereocenters. The van der Waals surface area contributed by atoms with Crippen molar-refractivity contribution in [1.29, 1.82) is 0 Å². The van der Waals surface area contributed by atoms with Crippen LogP contribution in [0.2, 0.25) is 0 Å². The van der Waals surface area contributed by atoms with Gasteiger partial charge in [0.2, 0.25) is 5.91 Å². The van der Waals surface area contributed by atoms with Crippen LogP contribution in [0.1, 0.15) is 12.8 Å². The Kier molecular flexibility index (Phi) is 6.98. The quantitative estimate of drug-likeness (QED) is 0.646. The van der Waals surface area contributed by atoms with Crippen LogP contribution in [0.25, 0.3) is 0 Å². The van der Waals surface area contributed by atoms with Crippen molar-refractivity contribution in [3.05, 3.63) is 24.3 Å². The van der Waals surface area contributed by atoms with E-state index in [1.54, 1.807) is 31.3 Å². The Balaban J connectivity index is 0.00000220. The number of carbonyl (C=O) groups excluding carboxylic acids is 2. The normalized spacial score (nSPS) is 13.0. The van der Waals surface area contributed by atoms with Crippen LogP contribution in [0.4, 0.5) is 16.2 Å². The second kappa shape index (κ2) is 8.49. The zero-order chi connectivity index (χ0) is 14.4. The predicted octanol–water partition coefficient (Wildman–Crippen LogP) is 1.80. The molecule has 1 aromatic rings. The summed E-state index contributed by atoms with van der Waals surface area (Å²) in [6.07, 6.45) is 2.53. The number of nitrogens with one attached hydrogen (secondary N) is 4. The number of urea groups is 1. The van der Waals surface area contributed by atoms with Crippen molar-refractivity contribution in [2.45, 2.75) is 12.8 Å². The summed E-state index contributed by atoms with van der Waals surface area (Å²) in [6.45, 7) is 1.22. The first-order valence-electron chi connectivity index (χ1n) is 6.77. The minimum atomic E-state index is -0.292. The maximum Gasteiger partial charge on any atom is 0.318 e. The molecule has 0 spiro atoms. The van der Waals surface area contributed by atoms with Gasteiger partial charge in [0.25, 0.3) is 0 Å². The van der Waals surface area contributed by atoms with Crippen LogP contribution in [0.3, 0.4) is 0 Å². The summed E-state index contributed by atoms with van der Waals surface area (Å²) < 4.78 is 0. The Morgan fingerprint density at radius 1 is 1.19 bits per heavy atom. The van der Waals surface area contributed by atoms with Crippen molar-refractivity contribution < 1.29 is 9.59 Å². The summed E-state index contributed by atoms with van der Waals surface area (Å²) >= 11 is 0. The van der Waals surface area contributed by atoms with Crippen LogP contribution < -0.4 is 21.3 Å². The highest BCUT2D eigenvalue weighted by Crippen LogP contribution is 2.27. The summed E-state index contributed by atoms with van der Waals surface area (Å²) in [5.41, 5.74) is 1.30. The van der Waals surface area contributed by atoms with Gasteiger partial charge in [0.1, 0.15) is 0 Å². The van der Waals surface area contributed by atoms with Gasteiger partial charge in [-0.05, 0) is 43.5 Å². The topological polar surface area (TPSA) is 82.3 Å². The summed E-state index contributed by atoms with van der Waals surface area (Å²) in [6, 6.07) is 6.75. The highest BCUT2D eigenvalue weighted by atomic mass is 35.5. The van der Waals surface area contributed by atoms with Gasteiger partial charge in [0, 0.05) is 18.4 Å². The van der Waals surface area contributed by atoms with E-state index in [9.17, 15) is 9.59 Å². The summed E-state index contributed by atoms with van der Waals surface area (Å²) in [4.78, 5) is 22.9. The molecule has 21 heavy (non-hydrogen) atoms. The Morgan fingerprint density at radius 3 is 2.48 bits per heavy atom. The monoisotopic (exact) mass is 312 g/mol. The Morgan fingerprint density at radius 2 is 1.86 bits per heavy atom. The van der Waals surface area contributed by atoms with Crippen molar-refractivity contribution in [2.24, 2.45) is 5.92 Å². The molecule has 1 saturated carbocycles. The van der Waals surface area contributed by atoms with Gasteiger partial charge in [-0.2, -0.15) is 0 Å². The fourth-order valence-corrected chi connectivity index (χ4v) is 1.79. The summed E-state index contributed by atoms with van der Waals surface area (Å²) in [7, 11) is 1.55. The number of rotatable bonds is 6. The SMILES string of the molecule is CNC(=O)Nc1cccc(NC(=O)CNCC2CC2)c1.Cl. The number of anilines is 2. The molecule has 4 N–H and O–H groups in total. The molecule has 1 aliphatic carbocycles. The average Bonchev–Trinajstić information content (AvgIpc) is 3.23. The van der Waals surface area contributed by atoms with Crippen molar-refractivity contribution in [2.75, 3.05) is 30.8 Å². The Hall–Kier alpha value is -1.79. The molecular weight excluding hydrogens is 292 g/mol. The third-order valence-electron chi connectivity index (χ3n) is 3.05. The number of benzene rings is 1. The maximum absolute atomic E-state index is 11.7. The fourth-order valence-electron chi connectivity index (χ4n) is 1.79. The molecule has 1 aliphatic rings. The first kappa shape index (κ1) is 17.3. The molecule has 3 amide bonds. The van der Waals surface area contributed by atoms with Crippen molar-refractivity contribution >= 4 is 35.7 Å². The number of halogens is 1. The van der Waals surface area contributed by atoms with Gasteiger partial charge in [0.15, 0.2) is 0 Å². The van der Waals surface area contributed by atoms with Gasteiger partial charge in [-0.15, -0.1) is 12.4 Å². The molecule has 7 heteroatoms. The average molecular weight is 313 g/mol. The molecule has 1 fully saturated rings. The lowest BCUT2D eigenvalue weighted by Crippen LogP contribution is -2.29. The maximum atomic E-state index is 11.7. The number of hydrogen-bond acceptors (Lipinski definition) is 3. The van der Waals surface area contributed by atoms with E-state index in [1.807, 2.05) is 0 Å². The molecule has 2 rings (SSSR count). The number of carbonyl (C=O) groups is 2. The summed E-state index contributed by atoms with van der Waals surface area (Å²) in [5, 5.41) is 11.1. The second-order valence-corrected chi connectivity index (χ2v) is 4.91. The molecule has 0 unspecified atom stereocenters. The molecule has 0 heterocycles. The van der Waals surface area contributed by atoms with Gasteiger partial charge in [-0.3, -0.25) is 4.79 Å². The molecular formula is C14H21ClN4O2. The minimum Gasteiger partial charge on any atom is -0.341 e. The molecule has 6 nitrogen and oxygen atoms in total. The van der Waals surface area contributed by atoms with Crippen LogP contribution in [0.5, 0.6) is 0 Å². The third-order valence-corrected chi connectivity index (χ3v) is 3.05. The van der Waals surface area contributed by atoms with Crippen LogP contribution >= 0.6 is 12.4 Å². The second-order valence-electron chi connectivity index (χ2n) is 4.91. The molecule has 0 bridgehead atoms. The van der Waals surface area contributed by atoms with E-state index >= 15 is 0 Å². The van der Waals surface area contributed by atoms with Gasteiger partial charge < -0.3 is 21.3 Å². The molecule has 0 radical (unpaired) electrons. The fraction of sp³-hybridized carbons (Fsp3) is 0.429. The summed E-state index contributed by atoms with van der Waals surface area (Å²) in [5.74, 6) is 0.672. The van der Waals surface area contributed by atoms with E-state index in [-0.39, 0.29) is 24.3 Å². The largest absolute Gasteiger partial charge is 0.341 e. The van der Waals surface area contributed by atoms with Gasteiger partial charge in [-0.1, -0.05) is 6.07 Å². The van der Waals surface area contributed by atoms with Crippen molar-refractivity contribution in [1.82, 2.24) is 10.6 Å². The number of amides is 3. The lowest BCUT2D eigenvalue weighted by Gasteiger charge is -2.09.